The Hall–Kier alpha value is -1.30. The molecule has 0 aromatic heterocycles. The maximum absolute atomic E-state index is 14.0. The zero-order valence-corrected chi connectivity index (χ0v) is 12.8. The number of amides is 2. The van der Waals surface area contributed by atoms with Crippen molar-refractivity contribution in [3.63, 3.8) is 0 Å². The molecule has 6 heteroatoms. The van der Waals surface area contributed by atoms with E-state index in [2.05, 4.69) is 15.9 Å². The lowest BCUT2D eigenvalue weighted by molar-refractivity contribution is -0.126. The molecule has 0 unspecified atom stereocenters. The number of halogens is 3. The summed E-state index contributed by atoms with van der Waals surface area (Å²) in [6.45, 7) is 3.60. The smallest absolute Gasteiger partial charge is 0.240 e. The molecule has 3 nitrogen and oxygen atoms in total. The highest BCUT2D eigenvalue weighted by atomic mass is 79.9. The lowest BCUT2D eigenvalue weighted by Crippen LogP contribution is -2.36. The predicted octanol–water partition coefficient (Wildman–Crippen LogP) is 3.80. The van der Waals surface area contributed by atoms with E-state index >= 15 is 0 Å². The van der Waals surface area contributed by atoms with E-state index in [-0.39, 0.29) is 10.9 Å². The predicted molar refractivity (Wildman–Crippen MR) is 74.2 cm³/mol. The van der Waals surface area contributed by atoms with Crippen molar-refractivity contribution in [2.45, 2.75) is 33.1 Å². The number of benzene rings is 1. The highest BCUT2D eigenvalue weighted by Gasteiger charge is 2.50. The number of nitrogens with zero attached hydrogens (tertiary/aromatic N) is 1. The van der Waals surface area contributed by atoms with Gasteiger partial charge in [-0.15, -0.1) is 0 Å². The van der Waals surface area contributed by atoms with Gasteiger partial charge in [-0.2, -0.15) is 0 Å². The Morgan fingerprint density at radius 3 is 2.10 bits per heavy atom. The number of carbonyl (C=O) groups is 2. The molecule has 0 aliphatic carbocycles. The molecule has 1 fully saturated rings. The van der Waals surface area contributed by atoms with Gasteiger partial charge in [0.05, 0.1) is 5.41 Å². The van der Waals surface area contributed by atoms with E-state index in [4.69, 9.17) is 0 Å². The lowest BCUT2D eigenvalue weighted by Gasteiger charge is -2.24. The van der Waals surface area contributed by atoms with Gasteiger partial charge in [0.2, 0.25) is 11.8 Å². The van der Waals surface area contributed by atoms with Crippen molar-refractivity contribution < 1.29 is 18.4 Å². The van der Waals surface area contributed by atoms with Crippen LogP contribution in [0, 0.1) is 17.0 Å². The Balaban J connectivity index is 2.55. The van der Waals surface area contributed by atoms with Crippen molar-refractivity contribution in [1.29, 1.82) is 0 Å². The Morgan fingerprint density at radius 2 is 1.70 bits per heavy atom. The van der Waals surface area contributed by atoms with Crippen molar-refractivity contribution >= 4 is 33.4 Å². The third kappa shape index (κ3) is 2.16. The van der Waals surface area contributed by atoms with Crippen LogP contribution in [0.5, 0.6) is 0 Å². The van der Waals surface area contributed by atoms with Gasteiger partial charge in [-0.3, -0.25) is 9.59 Å². The van der Waals surface area contributed by atoms with E-state index in [0.717, 1.165) is 12.1 Å². The first-order valence-electron chi connectivity index (χ1n) is 6.38. The second-order valence-electron chi connectivity index (χ2n) is 4.92. The van der Waals surface area contributed by atoms with E-state index in [1.165, 1.54) is 0 Å². The summed E-state index contributed by atoms with van der Waals surface area (Å²) in [5, 5.41) is 0. The van der Waals surface area contributed by atoms with E-state index in [1.807, 2.05) is 0 Å². The quantitative estimate of drug-likeness (QED) is 0.781. The Labute approximate surface area is 124 Å². The fourth-order valence-electron chi connectivity index (χ4n) is 2.57. The van der Waals surface area contributed by atoms with Crippen molar-refractivity contribution in [3.05, 3.63) is 28.2 Å². The summed E-state index contributed by atoms with van der Waals surface area (Å²) in [4.78, 5) is 25.2. The molecule has 1 heterocycles. The molecule has 108 valence electrons. The molecule has 1 aliphatic rings. The van der Waals surface area contributed by atoms with Crippen LogP contribution in [0.4, 0.5) is 14.5 Å². The molecule has 0 spiro atoms. The van der Waals surface area contributed by atoms with Crippen molar-refractivity contribution in [2.24, 2.45) is 5.41 Å². The third-order valence-corrected chi connectivity index (χ3v) is 4.41. The topological polar surface area (TPSA) is 37.4 Å². The van der Waals surface area contributed by atoms with Gasteiger partial charge in [0.25, 0.3) is 0 Å². The standard InChI is InChI=1S/C14H14BrF2NO2/c1-3-14(4-2)7-11(19)18(13(14)20)12-9(16)5-8(15)6-10(12)17/h5-6H,3-4,7H2,1-2H3. The Morgan fingerprint density at radius 1 is 1.20 bits per heavy atom. The monoisotopic (exact) mass is 345 g/mol. The first-order chi connectivity index (χ1) is 9.36. The number of carbonyl (C=O) groups excluding carboxylic acids is 2. The van der Waals surface area contributed by atoms with Gasteiger partial charge in [0.15, 0.2) is 11.6 Å². The minimum Gasteiger partial charge on any atom is -0.274 e. The van der Waals surface area contributed by atoms with Gasteiger partial charge in [0.1, 0.15) is 5.69 Å². The summed E-state index contributed by atoms with van der Waals surface area (Å²) in [6.07, 6.45) is 0.919. The maximum Gasteiger partial charge on any atom is 0.240 e. The summed E-state index contributed by atoms with van der Waals surface area (Å²) in [7, 11) is 0. The van der Waals surface area contributed by atoms with E-state index < -0.39 is 34.6 Å². The van der Waals surface area contributed by atoms with Crippen molar-refractivity contribution in [2.75, 3.05) is 4.90 Å². The SMILES string of the molecule is CCC1(CC)CC(=O)N(c2c(F)cc(Br)cc2F)C1=O. The fourth-order valence-corrected chi connectivity index (χ4v) is 2.97. The molecule has 1 aromatic rings. The average molecular weight is 346 g/mol. The van der Waals surface area contributed by atoms with E-state index in [0.29, 0.717) is 17.7 Å². The highest BCUT2D eigenvalue weighted by Crippen LogP contribution is 2.42. The third-order valence-electron chi connectivity index (χ3n) is 3.95. The fraction of sp³-hybridized carbons (Fsp3) is 0.429. The van der Waals surface area contributed by atoms with E-state index in [1.54, 1.807) is 13.8 Å². The molecular weight excluding hydrogens is 332 g/mol. The van der Waals surface area contributed by atoms with Crippen LogP contribution in [0.2, 0.25) is 0 Å². The zero-order valence-electron chi connectivity index (χ0n) is 11.2. The molecule has 2 amide bonds. The average Bonchev–Trinajstić information content (AvgIpc) is 2.62. The lowest BCUT2D eigenvalue weighted by atomic mass is 9.81. The number of imide groups is 1. The summed E-state index contributed by atoms with van der Waals surface area (Å²) < 4.78 is 28.1. The van der Waals surface area contributed by atoms with E-state index in [9.17, 15) is 18.4 Å². The van der Waals surface area contributed by atoms with Crippen LogP contribution >= 0.6 is 15.9 Å². The minimum absolute atomic E-state index is 0.00617. The molecular formula is C14H14BrF2NO2. The second kappa shape index (κ2) is 5.24. The molecule has 0 radical (unpaired) electrons. The largest absolute Gasteiger partial charge is 0.274 e. The van der Waals surface area contributed by atoms with Crippen LogP contribution in [-0.4, -0.2) is 11.8 Å². The van der Waals surface area contributed by atoms with Gasteiger partial charge in [-0.05, 0) is 25.0 Å². The number of anilines is 1. The van der Waals surface area contributed by atoms with Gasteiger partial charge in [-0.1, -0.05) is 29.8 Å². The number of rotatable bonds is 3. The van der Waals surface area contributed by atoms with Crippen LogP contribution in [-0.2, 0) is 9.59 Å². The molecule has 0 saturated carbocycles. The number of hydrogen-bond donors (Lipinski definition) is 0. The molecule has 2 rings (SSSR count). The molecule has 0 N–H and O–H groups in total. The Bertz CT molecular complexity index is 562. The summed E-state index contributed by atoms with van der Waals surface area (Å²) in [6, 6.07) is 2.08. The zero-order chi connectivity index (χ0) is 15.1. The first-order valence-corrected chi connectivity index (χ1v) is 7.17. The van der Waals surface area contributed by atoms with Crippen LogP contribution in [0.25, 0.3) is 0 Å². The molecule has 20 heavy (non-hydrogen) atoms. The van der Waals surface area contributed by atoms with Gasteiger partial charge in [-0.25, -0.2) is 13.7 Å². The Kier molecular flexibility index (Phi) is 3.95. The first kappa shape index (κ1) is 15.1. The molecule has 1 saturated heterocycles. The van der Waals surface area contributed by atoms with Gasteiger partial charge in [0, 0.05) is 10.9 Å². The summed E-state index contributed by atoms with van der Waals surface area (Å²) >= 11 is 2.97. The number of hydrogen-bond acceptors (Lipinski definition) is 2. The maximum atomic E-state index is 14.0. The van der Waals surface area contributed by atoms with Crippen LogP contribution in [0.1, 0.15) is 33.1 Å². The van der Waals surface area contributed by atoms with Crippen molar-refractivity contribution in [1.82, 2.24) is 0 Å². The molecule has 1 aliphatic heterocycles. The van der Waals surface area contributed by atoms with Crippen LogP contribution in [0.15, 0.2) is 16.6 Å². The van der Waals surface area contributed by atoms with Crippen molar-refractivity contribution in [3.8, 4) is 0 Å². The second-order valence-corrected chi connectivity index (χ2v) is 5.83. The molecule has 0 bridgehead atoms. The van der Waals surface area contributed by atoms with Crippen LogP contribution in [0.3, 0.4) is 0 Å². The minimum atomic E-state index is -0.929. The summed E-state index contributed by atoms with van der Waals surface area (Å²) in [5.41, 5.74) is -1.42. The van der Waals surface area contributed by atoms with Gasteiger partial charge < -0.3 is 0 Å². The van der Waals surface area contributed by atoms with Crippen LogP contribution < -0.4 is 4.90 Å². The normalized spacial score (nSPS) is 17.9. The molecule has 1 aromatic carbocycles. The summed E-state index contributed by atoms with van der Waals surface area (Å²) in [5.74, 6) is -2.94. The highest BCUT2D eigenvalue weighted by molar-refractivity contribution is 9.10. The molecule has 0 atom stereocenters. The van der Waals surface area contributed by atoms with Gasteiger partial charge >= 0.3 is 0 Å².